The van der Waals surface area contributed by atoms with Crippen LogP contribution in [0.15, 0.2) is 24.4 Å². The summed E-state index contributed by atoms with van der Waals surface area (Å²) in [6.07, 6.45) is 6.22. The lowest BCUT2D eigenvalue weighted by Gasteiger charge is -2.43. The molecule has 3 aliphatic heterocycles. The molecule has 8 heteroatoms. The zero-order valence-electron chi connectivity index (χ0n) is 20.3. The highest BCUT2D eigenvalue weighted by Crippen LogP contribution is 2.59. The van der Waals surface area contributed by atoms with Crippen LogP contribution < -0.4 is 5.32 Å². The smallest absolute Gasteiger partial charge is 0.229 e. The molecule has 0 unspecified atom stereocenters. The van der Waals surface area contributed by atoms with Gasteiger partial charge in [0.2, 0.25) is 5.91 Å². The van der Waals surface area contributed by atoms with Gasteiger partial charge in [-0.05, 0) is 92.6 Å². The molecule has 1 amide bonds. The number of aliphatic hydroxyl groups excluding tert-OH is 1. The lowest BCUT2D eigenvalue weighted by atomic mass is 9.85. The molecule has 1 aliphatic carbocycles. The minimum atomic E-state index is -0.443. The quantitative estimate of drug-likeness (QED) is 0.662. The number of aromatic nitrogens is 1. The summed E-state index contributed by atoms with van der Waals surface area (Å²) in [5, 5.41) is 16.3. The summed E-state index contributed by atoms with van der Waals surface area (Å²) in [7, 11) is 0. The van der Waals surface area contributed by atoms with Gasteiger partial charge in [-0.25, -0.2) is 4.98 Å². The van der Waals surface area contributed by atoms with Crippen LogP contribution >= 0.6 is 11.6 Å². The average molecular weight is 500 g/mol. The number of likely N-dealkylation sites (tertiary alicyclic amines) is 1. The van der Waals surface area contributed by atoms with Crippen molar-refractivity contribution in [1.29, 1.82) is 0 Å². The molecule has 3 atom stereocenters. The Bertz CT molecular complexity index is 1130. The number of halogens is 1. The van der Waals surface area contributed by atoms with E-state index in [0.717, 1.165) is 79.8 Å². The summed E-state index contributed by atoms with van der Waals surface area (Å²) >= 11 is 6.73. The minimum absolute atomic E-state index is 0.0699. The van der Waals surface area contributed by atoms with E-state index in [9.17, 15) is 9.90 Å². The van der Waals surface area contributed by atoms with Crippen molar-refractivity contribution in [1.82, 2.24) is 9.88 Å². The number of carbonyl (C=O) groups is 1. The SMILES string of the molecule is C[C@]1(N2CCC(c3cc4cc(NC(=O)[C@@H]5CC56CCOCC6)ncc4cc3Cl)CC2)COC[C@H]1O. The molecule has 2 aromatic rings. The number of hydrogen-bond donors (Lipinski definition) is 2. The minimum Gasteiger partial charge on any atom is -0.389 e. The average Bonchev–Trinajstić information content (AvgIpc) is 3.44. The van der Waals surface area contributed by atoms with Gasteiger partial charge in [0.25, 0.3) is 0 Å². The molecular weight excluding hydrogens is 466 g/mol. The van der Waals surface area contributed by atoms with E-state index < -0.39 is 6.10 Å². The maximum atomic E-state index is 12.9. The number of ether oxygens (including phenoxy) is 2. The Labute approximate surface area is 211 Å². The highest BCUT2D eigenvalue weighted by molar-refractivity contribution is 6.32. The number of carbonyl (C=O) groups excluding carboxylic acids is 1. The predicted octanol–water partition coefficient (Wildman–Crippen LogP) is 3.97. The molecule has 7 nitrogen and oxygen atoms in total. The van der Waals surface area contributed by atoms with Crippen LogP contribution in [-0.4, -0.2) is 72.1 Å². The van der Waals surface area contributed by atoms with Crippen LogP contribution in [-0.2, 0) is 14.3 Å². The summed E-state index contributed by atoms with van der Waals surface area (Å²) in [6, 6.07) is 6.13. The Morgan fingerprint density at radius 1 is 1.17 bits per heavy atom. The molecule has 4 aliphatic rings. The van der Waals surface area contributed by atoms with E-state index in [1.54, 1.807) is 6.20 Å². The van der Waals surface area contributed by atoms with E-state index >= 15 is 0 Å². The van der Waals surface area contributed by atoms with Gasteiger partial charge in [-0.1, -0.05) is 11.6 Å². The molecular formula is C27H34ClN3O4. The first-order valence-electron chi connectivity index (χ1n) is 12.9. The lowest BCUT2D eigenvalue weighted by Crippen LogP contribution is -2.56. The highest BCUT2D eigenvalue weighted by atomic mass is 35.5. The number of amides is 1. The van der Waals surface area contributed by atoms with E-state index in [0.29, 0.717) is 24.9 Å². The van der Waals surface area contributed by atoms with Crippen molar-refractivity contribution in [3.8, 4) is 0 Å². The van der Waals surface area contributed by atoms with Crippen LogP contribution in [0.25, 0.3) is 10.8 Å². The zero-order valence-corrected chi connectivity index (χ0v) is 21.0. The summed E-state index contributed by atoms with van der Waals surface area (Å²) in [5.41, 5.74) is 0.993. The molecule has 4 heterocycles. The maximum Gasteiger partial charge on any atom is 0.229 e. The molecule has 6 rings (SSSR count). The molecule has 0 radical (unpaired) electrons. The van der Waals surface area contributed by atoms with Gasteiger partial charge in [0.05, 0.1) is 24.9 Å². The number of piperidine rings is 1. The van der Waals surface area contributed by atoms with Gasteiger partial charge in [0.1, 0.15) is 5.82 Å². The Morgan fingerprint density at radius 2 is 1.94 bits per heavy atom. The number of hydrogen-bond acceptors (Lipinski definition) is 6. The van der Waals surface area contributed by atoms with Crippen molar-refractivity contribution in [2.45, 2.75) is 56.6 Å². The third-order valence-corrected chi connectivity index (χ3v) is 9.46. The van der Waals surface area contributed by atoms with E-state index in [1.807, 2.05) is 12.1 Å². The molecule has 188 valence electrons. The van der Waals surface area contributed by atoms with Crippen LogP contribution in [0.5, 0.6) is 0 Å². The Morgan fingerprint density at radius 3 is 2.66 bits per heavy atom. The third kappa shape index (κ3) is 4.25. The normalized spacial score (nSPS) is 31.2. The standard InChI is InChI=1S/C27H34ClN3O4/c1-26(16-35-15-23(26)32)31-6-2-17(3-7-31)20-10-18-12-24(29-14-19(18)11-22(20)28)30-25(33)21-13-27(21)4-8-34-9-5-27/h10-12,14,17,21,23,32H,2-9,13,15-16H2,1H3,(H,29,30,33)/t21-,23+,26-/m0/s1. The number of benzene rings is 1. The second-order valence-corrected chi connectivity index (χ2v) is 11.6. The second-order valence-electron chi connectivity index (χ2n) is 11.2. The van der Waals surface area contributed by atoms with Gasteiger partial charge in [0.15, 0.2) is 0 Å². The van der Waals surface area contributed by atoms with Crippen LogP contribution in [0, 0.1) is 11.3 Å². The Hall–Kier alpha value is -1.77. The van der Waals surface area contributed by atoms with Crippen molar-refractivity contribution in [3.05, 3.63) is 35.0 Å². The number of nitrogens with one attached hydrogen (secondary N) is 1. The lowest BCUT2D eigenvalue weighted by molar-refractivity contribution is -0.118. The first-order chi connectivity index (χ1) is 16.9. The summed E-state index contributed by atoms with van der Waals surface area (Å²) in [4.78, 5) is 19.8. The van der Waals surface area contributed by atoms with Gasteiger partial charge in [-0.15, -0.1) is 0 Å². The van der Waals surface area contributed by atoms with Gasteiger partial charge in [-0.3, -0.25) is 9.69 Å². The summed E-state index contributed by atoms with van der Waals surface area (Å²) in [6.45, 7) is 6.41. The summed E-state index contributed by atoms with van der Waals surface area (Å²) in [5.74, 6) is 1.10. The number of pyridine rings is 1. The fourth-order valence-electron chi connectivity index (χ4n) is 6.48. The molecule has 1 aromatic heterocycles. The zero-order chi connectivity index (χ0) is 24.2. The van der Waals surface area contributed by atoms with Gasteiger partial charge >= 0.3 is 0 Å². The monoisotopic (exact) mass is 499 g/mol. The number of anilines is 1. The molecule has 1 aromatic carbocycles. The molecule has 35 heavy (non-hydrogen) atoms. The maximum absolute atomic E-state index is 12.9. The third-order valence-electron chi connectivity index (χ3n) is 9.13. The van der Waals surface area contributed by atoms with Crippen molar-refractivity contribution in [2.24, 2.45) is 11.3 Å². The Balaban J connectivity index is 1.15. The van der Waals surface area contributed by atoms with Gasteiger partial charge < -0.3 is 19.9 Å². The van der Waals surface area contributed by atoms with Gasteiger partial charge in [-0.2, -0.15) is 0 Å². The fraction of sp³-hybridized carbons (Fsp3) is 0.630. The van der Waals surface area contributed by atoms with Crippen molar-refractivity contribution in [3.63, 3.8) is 0 Å². The molecule has 3 saturated heterocycles. The van der Waals surface area contributed by atoms with E-state index in [4.69, 9.17) is 21.1 Å². The first-order valence-corrected chi connectivity index (χ1v) is 13.2. The van der Waals surface area contributed by atoms with Crippen LogP contribution in [0.4, 0.5) is 5.82 Å². The highest BCUT2D eigenvalue weighted by Gasteiger charge is 2.58. The molecule has 2 N–H and O–H groups in total. The van der Waals surface area contributed by atoms with Crippen LogP contribution in [0.3, 0.4) is 0 Å². The number of aliphatic hydroxyl groups is 1. The fourth-order valence-corrected chi connectivity index (χ4v) is 6.81. The topological polar surface area (TPSA) is 83.9 Å². The van der Waals surface area contributed by atoms with Crippen LogP contribution in [0.2, 0.25) is 5.02 Å². The predicted molar refractivity (Wildman–Crippen MR) is 135 cm³/mol. The van der Waals surface area contributed by atoms with E-state index in [2.05, 4.69) is 28.2 Å². The summed E-state index contributed by atoms with van der Waals surface area (Å²) < 4.78 is 11.0. The van der Waals surface area contributed by atoms with Crippen LogP contribution in [0.1, 0.15) is 50.5 Å². The van der Waals surface area contributed by atoms with E-state index in [1.165, 1.54) is 0 Å². The molecule has 1 spiro atoms. The number of nitrogens with zero attached hydrogens (tertiary/aromatic N) is 2. The van der Waals surface area contributed by atoms with Crippen molar-refractivity contribution < 1.29 is 19.4 Å². The van der Waals surface area contributed by atoms with Gasteiger partial charge in [0, 0.05) is 35.7 Å². The van der Waals surface area contributed by atoms with Crippen molar-refractivity contribution in [2.75, 3.05) is 44.8 Å². The second kappa shape index (κ2) is 8.96. The molecule has 1 saturated carbocycles. The Kier molecular flexibility index (Phi) is 6.05. The molecule has 0 bridgehead atoms. The molecule has 4 fully saturated rings. The first kappa shape index (κ1) is 23.6. The van der Waals surface area contributed by atoms with Crippen molar-refractivity contribution >= 4 is 34.1 Å². The van der Waals surface area contributed by atoms with E-state index in [-0.39, 0.29) is 22.8 Å². The number of rotatable bonds is 4. The number of fused-ring (bicyclic) bond motifs is 1. The largest absolute Gasteiger partial charge is 0.389 e.